The van der Waals surface area contributed by atoms with Gasteiger partial charge < -0.3 is 18.8 Å². The summed E-state index contributed by atoms with van der Waals surface area (Å²) in [6.07, 6.45) is 7.25. The lowest BCUT2D eigenvalue weighted by Gasteiger charge is -2.53. The Morgan fingerprint density at radius 1 is 1.14 bits per heavy atom. The lowest BCUT2D eigenvalue weighted by atomic mass is 9.53. The van der Waals surface area contributed by atoms with Gasteiger partial charge in [-0.15, -0.1) is 0 Å². The van der Waals surface area contributed by atoms with Gasteiger partial charge in [-0.25, -0.2) is 15.0 Å². The number of aryl methyl sites for hydroxylation is 2. The summed E-state index contributed by atoms with van der Waals surface area (Å²) in [7, 11) is 3.84. The zero-order chi connectivity index (χ0) is 24.3. The first kappa shape index (κ1) is 20.8. The first-order chi connectivity index (χ1) is 17.5. The molecule has 7 heteroatoms. The van der Waals surface area contributed by atoms with Crippen molar-refractivity contribution >= 4 is 27.8 Å². The number of rotatable bonds is 6. The fourth-order valence-corrected chi connectivity index (χ4v) is 7.36. The van der Waals surface area contributed by atoms with Gasteiger partial charge in [0.2, 0.25) is 0 Å². The van der Waals surface area contributed by atoms with Crippen molar-refractivity contribution in [1.82, 2.24) is 29.0 Å². The van der Waals surface area contributed by atoms with Crippen LogP contribution in [0.5, 0.6) is 5.75 Å². The Balaban J connectivity index is 1.25. The molecule has 4 heterocycles. The molecule has 0 radical (unpaired) electrons. The molecule has 8 rings (SSSR count). The average Bonchev–Trinajstić information content (AvgIpc) is 3.53. The summed E-state index contributed by atoms with van der Waals surface area (Å²) in [6.45, 7) is 8.63. The first-order valence-corrected chi connectivity index (χ1v) is 13.3. The Kier molecular flexibility index (Phi) is 4.11. The highest BCUT2D eigenvalue weighted by molar-refractivity contribution is 5.91. The quantitative estimate of drug-likeness (QED) is 0.388. The van der Waals surface area contributed by atoms with Crippen molar-refractivity contribution in [2.75, 3.05) is 13.7 Å². The number of methoxy groups -OCH3 is 1. The van der Waals surface area contributed by atoms with Crippen LogP contribution in [0.25, 0.3) is 39.3 Å². The van der Waals surface area contributed by atoms with E-state index in [1.807, 2.05) is 13.1 Å². The molecule has 4 aromatic rings. The van der Waals surface area contributed by atoms with Gasteiger partial charge in [0.15, 0.2) is 5.82 Å². The summed E-state index contributed by atoms with van der Waals surface area (Å²) in [5, 5.41) is 1.06. The third kappa shape index (κ3) is 2.77. The lowest BCUT2D eigenvalue weighted by Crippen LogP contribution is -2.52. The zero-order valence-electron chi connectivity index (χ0n) is 21.2. The molecule has 0 amide bonds. The average molecular weight is 481 g/mol. The van der Waals surface area contributed by atoms with Crippen LogP contribution in [0.2, 0.25) is 0 Å². The second kappa shape index (κ2) is 7.11. The molecular weight excluding hydrogens is 448 g/mol. The third-order valence-corrected chi connectivity index (χ3v) is 9.47. The predicted octanol–water partition coefficient (Wildman–Crippen LogP) is 5.02. The fraction of sp³-hybridized carbons (Fsp3) is 0.483. The highest BCUT2D eigenvalue weighted by atomic mass is 16.5. The van der Waals surface area contributed by atoms with Crippen LogP contribution in [-0.4, -0.2) is 48.7 Å². The van der Waals surface area contributed by atoms with Crippen LogP contribution in [0.15, 0.2) is 31.0 Å². The van der Waals surface area contributed by atoms with Crippen molar-refractivity contribution in [2.45, 2.75) is 45.2 Å². The Labute approximate surface area is 210 Å². The topological polar surface area (TPSA) is 61.0 Å². The molecule has 1 saturated heterocycles. The molecule has 4 fully saturated rings. The summed E-state index contributed by atoms with van der Waals surface area (Å²) in [5.41, 5.74) is 6.29. The van der Waals surface area contributed by atoms with E-state index in [4.69, 9.17) is 14.7 Å². The van der Waals surface area contributed by atoms with Crippen LogP contribution >= 0.6 is 0 Å². The van der Waals surface area contributed by atoms with E-state index >= 15 is 0 Å². The summed E-state index contributed by atoms with van der Waals surface area (Å²) in [5.74, 6) is 6.06. The van der Waals surface area contributed by atoms with Gasteiger partial charge in [-0.05, 0) is 74.5 Å². The third-order valence-electron chi connectivity index (χ3n) is 9.47. The molecule has 0 bridgehead atoms. The Bertz CT molecular complexity index is 1580. The Morgan fingerprint density at radius 3 is 2.75 bits per heavy atom. The second-order valence-corrected chi connectivity index (χ2v) is 11.6. The smallest absolute Gasteiger partial charge is 0.157 e. The molecule has 4 atom stereocenters. The molecule has 3 aliphatic carbocycles. The maximum atomic E-state index is 5.93. The molecule has 0 N–H and O–H groups in total. The predicted molar refractivity (Wildman–Crippen MR) is 140 cm³/mol. The second-order valence-electron chi connectivity index (χ2n) is 11.6. The minimum absolute atomic E-state index is 0.685. The highest BCUT2D eigenvalue weighted by Crippen LogP contribution is 2.62. The number of aromatic nitrogens is 5. The van der Waals surface area contributed by atoms with Crippen molar-refractivity contribution in [1.29, 1.82) is 0 Å². The number of ether oxygens (including phenoxy) is 1. The monoisotopic (exact) mass is 480 g/mol. The van der Waals surface area contributed by atoms with E-state index in [0.29, 0.717) is 6.04 Å². The van der Waals surface area contributed by atoms with Crippen molar-refractivity contribution in [3.8, 4) is 17.3 Å². The van der Waals surface area contributed by atoms with E-state index in [9.17, 15) is 0 Å². The number of hydrogen-bond donors (Lipinski definition) is 0. The molecule has 184 valence electrons. The number of imidazole rings is 1. The molecule has 3 aromatic heterocycles. The molecule has 1 aliphatic heterocycles. The number of nitrogens with zero attached hydrogens (tertiary/aromatic N) is 6. The van der Waals surface area contributed by atoms with Gasteiger partial charge in [-0.2, -0.15) is 0 Å². The van der Waals surface area contributed by atoms with Crippen molar-refractivity contribution in [2.24, 2.45) is 30.7 Å². The minimum atomic E-state index is 0.685. The van der Waals surface area contributed by atoms with Crippen LogP contribution < -0.4 is 4.74 Å². The molecule has 7 nitrogen and oxygen atoms in total. The van der Waals surface area contributed by atoms with Crippen LogP contribution in [0.3, 0.4) is 0 Å². The van der Waals surface area contributed by atoms with Gasteiger partial charge in [0.25, 0.3) is 0 Å². The number of likely N-dealkylation sites (tertiary alicyclic amines) is 1. The Hall–Kier alpha value is -3.35. The zero-order valence-corrected chi connectivity index (χ0v) is 21.2. The maximum absolute atomic E-state index is 5.93. The fourth-order valence-electron chi connectivity index (χ4n) is 7.36. The Morgan fingerprint density at radius 2 is 2.00 bits per heavy atom. The van der Waals surface area contributed by atoms with Gasteiger partial charge >= 0.3 is 0 Å². The molecule has 36 heavy (non-hydrogen) atoms. The first-order valence-electron chi connectivity index (χ1n) is 13.3. The van der Waals surface area contributed by atoms with Gasteiger partial charge in [0.05, 0.1) is 18.3 Å². The summed E-state index contributed by atoms with van der Waals surface area (Å²) < 4.78 is 10.5. The van der Waals surface area contributed by atoms with E-state index < -0.39 is 0 Å². The van der Waals surface area contributed by atoms with E-state index in [2.05, 4.69) is 50.8 Å². The van der Waals surface area contributed by atoms with Crippen LogP contribution in [0, 0.1) is 30.6 Å². The molecule has 1 unspecified atom stereocenters. The van der Waals surface area contributed by atoms with Gasteiger partial charge in [-0.3, -0.25) is 0 Å². The van der Waals surface area contributed by atoms with E-state index in [1.165, 1.54) is 25.7 Å². The minimum Gasteiger partial charge on any atom is -0.494 e. The summed E-state index contributed by atoms with van der Waals surface area (Å²) in [6, 6.07) is 7.24. The van der Waals surface area contributed by atoms with E-state index in [1.54, 1.807) is 7.11 Å². The molecule has 4 aliphatic rings. The van der Waals surface area contributed by atoms with Gasteiger partial charge in [-0.1, -0.05) is 6.58 Å². The van der Waals surface area contributed by atoms with Crippen molar-refractivity contribution in [3.63, 3.8) is 0 Å². The molecular formula is C29H32N6O. The molecule has 3 saturated carbocycles. The van der Waals surface area contributed by atoms with Crippen molar-refractivity contribution < 1.29 is 4.74 Å². The van der Waals surface area contributed by atoms with Crippen LogP contribution in [-0.2, 0) is 13.6 Å². The van der Waals surface area contributed by atoms with Crippen LogP contribution in [0.4, 0.5) is 0 Å². The number of fused-ring (bicyclic) bond motifs is 2. The van der Waals surface area contributed by atoms with E-state index in [-0.39, 0.29) is 0 Å². The maximum Gasteiger partial charge on any atom is 0.157 e. The normalized spacial score (nSPS) is 26.2. The standard InChI is InChI=1S/C29H32N6O/c1-15(34-14-21-7-19-9-23(34)26(19)21)18-8-22-27(25(11-18)36-4)33(3)29(32-22)24-10-20-12-30-16(2)31-28(20)35(24)13-17-5-6-17/h8,10-12,17,19,21,23,26H,1,5-7,9,13-14H2,2-4H3/t19?,21-,23-,26-/m1/s1. The highest BCUT2D eigenvalue weighted by Gasteiger charge is 2.61. The SMILES string of the molecule is C=C(c1cc(OC)c2c(c1)nc(-c1cc3cnc(C)nc3n1CC1CC1)n2C)N1C[C@H]2CC3C[C@@H]1[C@H]32. The van der Waals surface area contributed by atoms with E-state index in [0.717, 1.165) is 93.2 Å². The summed E-state index contributed by atoms with van der Waals surface area (Å²) >= 11 is 0. The van der Waals surface area contributed by atoms with Gasteiger partial charge in [0, 0.05) is 49.0 Å². The number of benzene rings is 1. The molecule has 0 spiro atoms. The van der Waals surface area contributed by atoms with Crippen LogP contribution in [0.1, 0.15) is 37.1 Å². The number of hydrogen-bond acceptors (Lipinski definition) is 5. The van der Waals surface area contributed by atoms with Crippen molar-refractivity contribution in [3.05, 3.63) is 42.4 Å². The molecule has 1 aromatic carbocycles. The lowest BCUT2D eigenvalue weighted by molar-refractivity contribution is -0.0151. The van der Waals surface area contributed by atoms with Gasteiger partial charge in [0.1, 0.15) is 22.7 Å². The summed E-state index contributed by atoms with van der Waals surface area (Å²) in [4.78, 5) is 17.0. The largest absolute Gasteiger partial charge is 0.494 e.